The van der Waals surface area contributed by atoms with E-state index < -0.39 is 0 Å². The Morgan fingerprint density at radius 2 is 1.20 bits per heavy atom. The molecule has 1 rings (SSSR count). The van der Waals surface area contributed by atoms with Crippen molar-refractivity contribution in [3.63, 3.8) is 0 Å². The standard InChI is InChI=1S/C14H23N/c1-13(2,3)10-7-11(14(4,5)6)9-12(15)8-10/h7-9H,15H2,1-6H3/i7D,8D,9D. The lowest BCUT2D eigenvalue weighted by Gasteiger charge is -2.25. The van der Waals surface area contributed by atoms with Crippen molar-refractivity contribution in [2.24, 2.45) is 0 Å². The molecular formula is C14H23N. The Kier molecular flexibility index (Phi) is 1.94. The summed E-state index contributed by atoms with van der Waals surface area (Å²) in [5.74, 6) is 0. The second kappa shape index (κ2) is 3.55. The van der Waals surface area contributed by atoms with Gasteiger partial charge in [-0.1, -0.05) is 47.6 Å². The van der Waals surface area contributed by atoms with E-state index in [1.807, 2.05) is 41.5 Å². The van der Waals surface area contributed by atoms with E-state index in [0.29, 0.717) is 17.2 Å². The maximum atomic E-state index is 8.34. The Morgan fingerprint density at radius 3 is 1.47 bits per heavy atom. The van der Waals surface area contributed by atoms with Crippen molar-refractivity contribution in [2.45, 2.75) is 52.4 Å². The van der Waals surface area contributed by atoms with E-state index >= 15 is 0 Å². The Labute approximate surface area is 97.9 Å². The molecule has 0 aromatic heterocycles. The average molecular weight is 208 g/mol. The van der Waals surface area contributed by atoms with Gasteiger partial charge in [-0.25, -0.2) is 0 Å². The first-order valence-electron chi connectivity index (χ1n) is 6.79. The van der Waals surface area contributed by atoms with Crippen molar-refractivity contribution >= 4 is 5.69 Å². The molecular weight excluding hydrogens is 182 g/mol. The molecule has 0 heterocycles. The summed E-state index contributed by atoms with van der Waals surface area (Å²) in [5, 5.41) is 0. The van der Waals surface area contributed by atoms with Gasteiger partial charge in [0.2, 0.25) is 0 Å². The second-order valence-electron chi connectivity index (χ2n) is 6.04. The van der Waals surface area contributed by atoms with Crippen LogP contribution in [0.3, 0.4) is 0 Å². The van der Waals surface area contributed by atoms with Crippen LogP contribution in [-0.2, 0) is 10.8 Å². The molecule has 0 aliphatic rings. The number of nitrogen functional groups attached to an aromatic ring is 1. The van der Waals surface area contributed by atoms with E-state index in [0.717, 1.165) is 0 Å². The lowest BCUT2D eigenvalue weighted by Crippen LogP contribution is -2.16. The van der Waals surface area contributed by atoms with Crippen molar-refractivity contribution in [3.8, 4) is 0 Å². The molecule has 1 aromatic carbocycles. The first-order valence-corrected chi connectivity index (χ1v) is 5.29. The van der Waals surface area contributed by atoms with Gasteiger partial charge in [-0.2, -0.15) is 0 Å². The summed E-state index contributed by atoms with van der Waals surface area (Å²) >= 11 is 0. The fourth-order valence-corrected chi connectivity index (χ4v) is 1.24. The topological polar surface area (TPSA) is 26.0 Å². The molecule has 0 aliphatic heterocycles. The van der Waals surface area contributed by atoms with Gasteiger partial charge >= 0.3 is 0 Å². The average Bonchev–Trinajstić information content (AvgIpc) is 2.09. The minimum Gasteiger partial charge on any atom is -0.399 e. The predicted octanol–water partition coefficient (Wildman–Crippen LogP) is 3.86. The molecule has 0 atom stereocenters. The third-order valence-electron chi connectivity index (χ3n) is 2.27. The lowest BCUT2D eigenvalue weighted by atomic mass is 9.80. The van der Waals surface area contributed by atoms with Gasteiger partial charge in [-0.3, -0.25) is 0 Å². The van der Waals surface area contributed by atoms with Gasteiger partial charge in [-0.15, -0.1) is 0 Å². The van der Waals surface area contributed by atoms with Crippen LogP contribution >= 0.6 is 0 Å². The van der Waals surface area contributed by atoms with Crippen LogP contribution in [0.15, 0.2) is 18.1 Å². The second-order valence-corrected chi connectivity index (χ2v) is 6.04. The van der Waals surface area contributed by atoms with Crippen LogP contribution in [0.2, 0.25) is 0 Å². The van der Waals surface area contributed by atoms with Gasteiger partial charge < -0.3 is 5.73 Å². The molecule has 1 aromatic rings. The monoisotopic (exact) mass is 208 g/mol. The van der Waals surface area contributed by atoms with Crippen LogP contribution in [-0.4, -0.2) is 0 Å². The quantitative estimate of drug-likeness (QED) is 0.644. The molecule has 15 heavy (non-hydrogen) atoms. The number of anilines is 1. The zero-order chi connectivity index (χ0) is 14.5. The molecule has 1 heteroatoms. The van der Waals surface area contributed by atoms with Crippen molar-refractivity contribution in [3.05, 3.63) is 29.3 Å². The first kappa shape index (κ1) is 8.20. The van der Waals surface area contributed by atoms with E-state index in [1.165, 1.54) is 0 Å². The molecule has 0 radical (unpaired) electrons. The minimum absolute atomic E-state index is 0.130. The first-order chi connectivity index (χ1) is 7.89. The maximum absolute atomic E-state index is 8.34. The molecule has 0 aliphatic carbocycles. The Morgan fingerprint density at radius 1 is 0.867 bits per heavy atom. The zero-order valence-electron chi connectivity index (χ0n) is 13.6. The highest BCUT2D eigenvalue weighted by Gasteiger charge is 2.19. The summed E-state index contributed by atoms with van der Waals surface area (Å²) in [6, 6.07) is 0.551. The molecule has 0 bridgehead atoms. The Bertz CT molecular complexity index is 438. The molecule has 0 unspecified atom stereocenters. The van der Waals surface area contributed by atoms with Crippen molar-refractivity contribution in [1.29, 1.82) is 0 Å². The highest BCUT2D eigenvalue weighted by molar-refractivity contribution is 5.48. The van der Waals surface area contributed by atoms with Gasteiger partial charge in [0, 0.05) is 5.69 Å². The van der Waals surface area contributed by atoms with Crippen LogP contribution in [0.1, 0.15) is 56.8 Å². The molecule has 0 fully saturated rings. The summed E-state index contributed by atoms with van der Waals surface area (Å²) in [7, 11) is 0. The summed E-state index contributed by atoms with van der Waals surface area (Å²) in [5.41, 5.74) is 6.67. The fraction of sp³-hybridized carbons (Fsp3) is 0.571. The molecule has 1 nitrogen and oxygen atoms in total. The van der Waals surface area contributed by atoms with Crippen LogP contribution in [0.5, 0.6) is 0 Å². The van der Waals surface area contributed by atoms with Gasteiger partial charge in [0.1, 0.15) is 0 Å². The number of hydrogen-bond donors (Lipinski definition) is 1. The highest BCUT2D eigenvalue weighted by atomic mass is 14.5. The normalized spacial score (nSPS) is 15.7. The van der Waals surface area contributed by atoms with Crippen LogP contribution in [0.4, 0.5) is 5.69 Å². The number of rotatable bonds is 0. The largest absolute Gasteiger partial charge is 0.399 e. The van der Waals surface area contributed by atoms with Crippen molar-refractivity contribution in [1.82, 2.24) is 0 Å². The summed E-state index contributed by atoms with van der Waals surface area (Å²) in [4.78, 5) is 0. The van der Waals surface area contributed by atoms with Gasteiger partial charge in [0.15, 0.2) is 0 Å². The number of nitrogens with two attached hydrogens (primary N) is 1. The maximum Gasteiger partial charge on any atom is 0.0648 e. The van der Waals surface area contributed by atoms with Crippen LogP contribution in [0.25, 0.3) is 0 Å². The molecule has 0 saturated heterocycles. The zero-order valence-corrected chi connectivity index (χ0v) is 10.6. The highest BCUT2D eigenvalue weighted by Crippen LogP contribution is 2.30. The summed E-state index contributed by atoms with van der Waals surface area (Å²) in [6.45, 7) is 11.8. The van der Waals surface area contributed by atoms with Crippen molar-refractivity contribution in [2.75, 3.05) is 5.73 Å². The minimum atomic E-state index is -0.323. The SMILES string of the molecule is [2H]c1c(N)c([2H])c(C(C)(C)C)c([2H])c1C(C)(C)C. The summed E-state index contributed by atoms with van der Waals surface area (Å²) in [6.07, 6.45) is 0. The lowest BCUT2D eigenvalue weighted by molar-refractivity contribution is 0.569. The van der Waals surface area contributed by atoms with Gasteiger partial charge in [0.25, 0.3) is 0 Å². The molecule has 0 amide bonds. The van der Waals surface area contributed by atoms with E-state index in [4.69, 9.17) is 9.85 Å². The van der Waals surface area contributed by atoms with E-state index in [-0.39, 0.29) is 28.6 Å². The van der Waals surface area contributed by atoms with Crippen LogP contribution < -0.4 is 5.73 Å². The fourth-order valence-electron chi connectivity index (χ4n) is 1.24. The molecule has 0 spiro atoms. The molecule has 0 saturated carbocycles. The number of hydrogen-bond acceptors (Lipinski definition) is 1. The summed E-state index contributed by atoms with van der Waals surface area (Å²) < 4.78 is 24.5. The third kappa shape index (κ3) is 2.98. The Hall–Kier alpha value is -0.980. The third-order valence-corrected chi connectivity index (χ3v) is 2.27. The van der Waals surface area contributed by atoms with E-state index in [1.54, 1.807) is 0 Å². The number of benzene rings is 1. The molecule has 2 N–H and O–H groups in total. The molecule has 84 valence electrons. The van der Waals surface area contributed by atoms with Gasteiger partial charge in [0.05, 0.1) is 4.11 Å². The van der Waals surface area contributed by atoms with Crippen molar-refractivity contribution < 1.29 is 4.11 Å². The van der Waals surface area contributed by atoms with Gasteiger partial charge in [-0.05, 0) is 34.0 Å². The van der Waals surface area contributed by atoms with Crippen LogP contribution in [0, 0.1) is 0 Å². The Balaban J connectivity index is 3.83. The smallest absolute Gasteiger partial charge is 0.0648 e. The van der Waals surface area contributed by atoms with E-state index in [2.05, 4.69) is 0 Å². The van der Waals surface area contributed by atoms with E-state index in [9.17, 15) is 0 Å². The predicted molar refractivity (Wildman–Crippen MR) is 68.3 cm³/mol.